The van der Waals surface area contributed by atoms with Crippen molar-refractivity contribution in [1.82, 2.24) is 5.32 Å². The molecule has 7 unspecified atom stereocenters. The van der Waals surface area contributed by atoms with E-state index in [1.54, 1.807) is 6.08 Å². The van der Waals surface area contributed by atoms with E-state index in [4.69, 9.17) is 9.47 Å². The van der Waals surface area contributed by atoms with Crippen molar-refractivity contribution in [2.24, 2.45) is 0 Å². The molecular formula is C60H113NO8. The Morgan fingerprint density at radius 1 is 0.478 bits per heavy atom. The predicted molar refractivity (Wildman–Crippen MR) is 290 cm³/mol. The molecule has 9 heteroatoms. The molecule has 0 saturated carbocycles. The lowest BCUT2D eigenvalue weighted by molar-refractivity contribution is -0.302. The molecule has 1 aliphatic rings. The first-order valence-electron chi connectivity index (χ1n) is 29.7. The number of allylic oxidation sites excluding steroid dienone is 5. The summed E-state index contributed by atoms with van der Waals surface area (Å²) in [5.74, 6) is -0.183. The van der Waals surface area contributed by atoms with Crippen LogP contribution in [-0.2, 0) is 14.3 Å². The van der Waals surface area contributed by atoms with Crippen LogP contribution in [0.2, 0.25) is 0 Å². The van der Waals surface area contributed by atoms with E-state index in [-0.39, 0.29) is 12.5 Å². The Balaban J connectivity index is 2.14. The number of unbranched alkanes of at least 4 members (excludes halogenated alkanes) is 37. The zero-order chi connectivity index (χ0) is 50.1. The first kappa shape index (κ1) is 65.4. The lowest BCUT2D eigenvalue weighted by Crippen LogP contribution is -2.60. The average Bonchev–Trinajstić information content (AvgIpc) is 3.35. The van der Waals surface area contributed by atoms with E-state index in [9.17, 15) is 30.3 Å². The zero-order valence-corrected chi connectivity index (χ0v) is 45.1. The molecule has 1 amide bonds. The van der Waals surface area contributed by atoms with Crippen LogP contribution < -0.4 is 5.32 Å². The minimum Gasteiger partial charge on any atom is -0.394 e. The highest BCUT2D eigenvalue weighted by Gasteiger charge is 2.44. The van der Waals surface area contributed by atoms with Gasteiger partial charge in [-0.25, -0.2) is 0 Å². The van der Waals surface area contributed by atoms with Crippen LogP contribution in [0.15, 0.2) is 36.5 Å². The van der Waals surface area contributed by atoms with Crippen LogP contribution >= 0.6 is 0 Å². The van der Waals surface area contributed by atoms with Crippen molar-refractivity contribution in [2.45, 2.75) is 326 Å². The monoisotopic (exact) mass is 976 g/mol. The summed E-state index contributed by atoms with van der Waals surface area (Å²) in [4.78, 5) is 13.0. The molecule has 1 rings (SSSR count). The number of aliphatic hydroxyl groups excluding tert-OH is 5. The van der Waals surface area contributed by atoms with Crippen LogP contribution in [0.5, 0.6) is 0 Å². The van der Waals surface area contributed by atoms with Gasteiger partial charge in [-0.1, -0.05) is 256 Å². The summed E-state index contributed by atoms with van der Waals surface area (Å²) in [6.45, 7) is 3.78. The Morgan fingerprint density at radius 3 is 1.22 bits per heavy atom. The quantitative estimate of drug-likeness (QED) is 0.0261. The summed E-state index contributed by atoms with van der Waals surface area (Å²) >= 11 is 0. The van der Waals surface area contributed by atoms with Gasteiger partial charge in [0.15, 0.2) is 6.29 Å². The number of carbonyl (C=O) groups excluding carboxylic acids is 1. The summed E-state index contributed by atoms with van der Waals surface area (Å²) in [7, 11) is 0. The molecule has 6 N–H and O–H groups in total. The normalized spacial score (nSPS) is 19.7. The second kappa shape index (κ2) is 50.0. The van der Waals surface area contributed by atoms with Crippen LogP contribution in [0, 0.1) is 0 Å². The Kier molecular flexibility index (Phi) is 47.4. The molecule has 0 aromatic heterocycles. The van der Waals surface area contributed by atoms with E-state index in [1.807, 2.05) is 6.08 Å². The maximum absolute atomic E-state index is 13.0. The van der Waals surface area contributed by atoms with E-state index >= 15 is 0 Å². The van der Waals surface area contributed by atoms with Crippen molar-refractivity contribution in [3.8, 4) is 0 Å². The van der Waals surface area contributed by atoms with Crippen LogP contribution in [0.3, 0.4) is 0 Å². The van der Waals surface area contributed by atoms with Gasteiger partial charge in [0.2, 0.25) is 5.91 Å². The molecule has 1 fully saturated rings. The van der Waals surface area contributed by atoms with E-state index < -0.39 is 49.5 Å². The lowest BCUT2D eigenvalue weighted by Gasteiger charge is -2.40. The number of carbonyl (C=O) groups is 1. The van der Waals surface area contributed by atoms with Gasteiger partial charge in [0, 0.05) is 6.42 Å². The second-order valence-electron chi connectivity index (χ2n) is 20.8. The van der Waals surface area contributed by atoms with Gasteiger partial charge in [0.25, 0.3) is 0 Å². The van der Waals surface area contributed by atoms with Crippen LogP contribution in [0.25, 0.3) is 0 Å². The van der Waals surface area contributed by atoms with E-state index in [0.717, 1.165) is 38.5 Å². The van der Waals surface area contributed by atoms with E-state index in [0.29, 0.717) is 6.42 Å². The van der Waals surface area contributed by atoms with Crippen molar-refractivity contribution < 1.29 is 39.8 Å². The van der Waals surface area contributed by atoms with Crippen molar-refractivity contribution in [2.75, 3.05) is 13.2 Å². The summed E-state index contributed by atoms with van der Waals surface area (Å²) in [6, 6.07) is -0.819. The van der Waals surface area contributed by atoms with Gasteiger partial charge in [0.05, 0.1) is 25.4 Å². The average molecular weight is 977 g/mol. The predicted octanol–water partition coefficient (Wildman–Crippen LogP) is 14.7. The number of amides is 1. The number of hydrogen-bond donors (Lipinski definition) is 6. The molecular weight excluding hydrogens is 863 g/mol. The van der Waals surface area contributed by atoms with Crippen molar-refractivity contribution in [3.63, 3.8) is 0 Å². The molecule has 1 aliphatic heterocycles. The maximum Gasteiger partial charge on any atom is 0.220 e. The number of aliphatic hydroxyl groups is 5. The molecule has 1 heterocycles. The minimum atomic E-state index is -1.57. The number of ether oxygens (including phenoxy) is 2. The Bertz CT molecular complexity index is 1180. The standard InChI is InChI=1S/C60H113NO8/c1-3-5-7-9-11-13-15-17-19-20-21-22-23-24-25-26-27-28-29-30-31-32-33-34-36-38-40-42-44-46-48-50-56(64)61-53(52-68-60-59(67)58(66)57(65)55(51-62)69-60)54(63)49-47-45-43-41-39-37-35-18-16-14-12-10-8-6-4-2/h20-21,39,41,47,49,53-55,57-60,62-63,65-67H,3-19,22-38,40,42-46,48,50-52H2,1-2H3,(H,61,64)/b21-20-,41-39+,49-47+. The van der Waals surface area contributed by atoms with Crippen molar-refractivity contribution >= 4 is 5.91 Å². The van der Waals surface area contributed by atoms with Gasteiger partial charge in [0.1, 0.15) is 24.4 Å². The van der Waals surface area contributed by atoms with Crippen molar-refractivity contribution in [3.05, 3.63) is 36.5 Å². The van der Waals surface area contributed by atoms with Gasteiger partial charge in [-0.3, -0.25) is 4.79 Å². The van der Waals surface area contributed by atoms with Gasteiger partial charge in [-0.05, 0) is 57.8 Å². The molecule has 0 radical (unpaired) electrons. The second-order valence-corrected chi connectivity index (χ2v) is 20.8. The van der Waals surface area contributed by atoms with Crippen LogP contribution in [-0.4, -0.2) is 87.5 Å². The number of hydrogen-bond acceptors (Lipinski definition) is 8. The van der Waals surface area contributed by atoms with E-state index in [2.05, 4.69) is 43.5 Å². The summed E-state index contributed by atoms with van der Waals surface area (Å²) in [6.07, 6.45) is 58.0. The highest BCUT2D eigenvalue weighted by Crippen LogP contribution is 2.23. The third-order valence-corrected chi connectivity index (χ3v) is 14.2. The SMILES string of the molecule is CCCCCCCCCC/C=C\CCCCCCCCCCCCCCCCCCCCCC(=O)NC(COC1OC(CO)C(O)C(O)C1O)C(O)/C=C/CC/C=C/CCCCCCCCCCC. The third-order valence-electron chi connectivity index (χ3n) is 14.2. The first-order valence-corrected chi connectivity index (χ1v) is 29.7. The fraction of sp³-hybridized carbons (Fsp3) is 0.883. The van der Waals surface area contributed by atoms with Crippen molar-refractivity contribution in [1.29, 1.82) is 0 Å². The highest BCUT2D eigenvalue weighted by atomic mass is 16.7. The fourth-order valence-electron chi connectivity index (χ4n) is 9.46. The maximum atomic E-state index is 13.0. The fourth-order valence-corrected chi connectivity index (χ4v) is 9.46. The molecule has 0 spiro atoms. The Hall–Kier alpha value is -1.59. The van der Waals surface area contributed by atoms with Gasteiger partial charge >= 0.3 is 0 Å². The van der Waals surface area contributed by atoms with Crippen LogP contribution in [0.1, 0.15) is 284 Å². The van der Waals surface area contributed by atoms with E-state index in [1.165, 1.54) is 225 Å². The summed E-state index contributed by atoms with van der Waals surface area (Å²) < 4.78 is 11.2. The smallest absolute Gasteiger partial charge is 0.220 e. The van der Waals surface area contributed by atoms with Crippen LogP contribution in [0.4, 0.5) is 0 Å². The number of rotatable bonds is 51. The van der Waals surface area contributed by atoms with Gasteiger partial charge in [-0.2, -0.15) is 0 Å². The molecule has 1 saturated heterocycles. The molecule has 9 nitrogen and oxygen atoms in total. The summed E-state index contributed by atoms with van der Waals surface area (Å²) in [5.41, 5.74) is 0. The minimum absolute atomic E-state index is 0.183. The number of nitrogens with one attached hydrogen (secondary N) is 1. The lowest BCUT2D eigenvalue weighted by atomic mass is 9.99. The summed E-state index contributed by atoms with van der Waals surface area (Å²) in [5, 5.41) is 54.4. The Morgan fingerprint density at radius 2 is 0.826 bits per heavy atom. The third kappa shape index (κ3) is 39.6. The molecule has 0 aromatic rings. The molecule has 69 heavy (non-hydrogen) atoms. The first-order chi connectivity index (χ1) is 33.8. The molecule has 7 atom stereocenters. The topological polar surface area (TPSA) is 149 Å². The molecule has 0 aromatic carbocycles. The molecule has 0 aliphatic carbocycles. The van der Waals surface area contributed by atoms with Gasteiger partial charge in [-0.15, -0.1) is 0 Å². The molecule has 406 valence electrons. The Labute approximate surface area is 425 Å². The largest absolute Gasteiger partial charge is 0.394 e. The highest BCUT2D eigenvalue weighted by molar-refractivity contribution is 5.76. The van der Waals surface area contributed by atoms with Gasteiger partial charge < -0.3 is 40.3 Å². The molecule has 0 bridgehead atoms. The zero-order valence-electron chi connectivity index (χ0n) is 45.1.